The Morgan fingerprint density at radius 2 is 1.85 bits per heavy atom. The van der Waals surface area contributed by atoms with Crippen LogP contribution in [0, 0.1) is 26.1 Å². The Kier molecular flexibility index (Phi) is 11.2. The second-order valence-electron chi connectivity index (χ2n) is 8.16. The van der Waals surface area contributed by atoms with Crippen molar-refractivity contribution in [1.82, 2.24) is 0 Å². The topological polar surface area (TPSA) is 171 Å². The lowest BCUT2D eigenvalue weighted by atomic mass is 10.0. The lowest BCUT2D eigenvalue weighted by Crippen LogP contribution is -2.25. The number of aliphatic hydroxyl groups excluding tert-OH is 2. The first-order valence-electron chi connectivity index (χ1n) is 11.1. The zero-order chi connectivity index (χ0) is 24.9. The number of hydrogen-bond donors (Lipinski definition) is 2. The van der Waals surface area contributed by atoms with E-state index in [9.17, 15) is 35.2 Å². The van der Waals surface area contributed by atoms with Crippen molar-refractivity contribution in [3.05, 3.63) is 68.3 Å². The second kappa shape index (κ2) is 14.1. The molecule has 5 atom stereocenters. The van der Waals surface area contributed by atoms with Gasteiger partial charge in [-0.15, -0.1) is 20.2 Å². The molecule has 0 bridgehead atoms. The summed E-state index contributed by atoms with van der Waals surface area (Å²) in [6.45, 7) is -0.624. The van der Waals surface area contributed by atoms with E-state index in [0.717, 1.165) is 5.56 Å². The molecular formula is C22H30N2O10. The lowest BCUT2D eigenvalue weighted by molar-refractivity contribution is -0.790. The van der Waals surface area contributed by atoms with Crippen molar-refractivity contribution in [2.75, 3.05) is 6.61 Å². The minimum Gasteiger partial charge on any atom is -0.458 e. The molecule has 0 radical (unpaired) electrons. The summed E-state index contributed by atoms with van der Waals surface area (Å²) in [7, 11) is 0. The second-order valence-corrected chi connectivity index (χ2v) is 8.16. The third-order valence-electron chi connectivity index (χ3n) is 5.48. The fourth-order valence-electron chi connectivity index (χ4n) is 3.78. The predicted molar refractivity (Wildman–Crippen MR) is 117 cm³/mol. The summed E-state index contributed by atoms with van der Waals surface area (Å²) in [6.07, 6.45) is 2.45. The van der Waals surface area contributed by atoms with Crippen LogP contribution in [0.15, 0.2) is 42.5 Å². The number of aryl methyl sites for hydroxylation is 1. The molecule has 0 aromatic heterocycles. The third-order valence-corrected chi connectivity index (χ3v) is 5.48. The van der Waals surface area contributed by atoms with Gasteiger partial charge in [0, 0.05) is 12.3 Å². The molecular weight excluding hydrogens is 452 g/mol. The highest BCUT2D eigenvalue weighted by molar-refractivity contribution is 5.69. The van der Waals surface area contributed by atoms with Crippen LogP contribution >= 0.6 is 0 Å². The van der Waals surface area contributed by atoms with E-state index >= 15 is 0 Å². The molecule has 1 aliphatic carbocycles. The number of aliphatic hydroxyl groups is 2. The molecule has 1 fully saturated rings. The normalized spacial score (nSPS) is 21.6. The van der Waals surface area contributed by atoms with Crippen molar-refractivity contribution >= 4 is 5.97 Å². The summed E-state index contributed by atoms with van der Waals surface area (Å²) in [5.74, 6) is -0.765. The SMILES string of the molecule is O=C(CCCC(CO[N+](=O)[O-])O[N+](=O)[O-])O[C@H](/C=C/[C@@H]1CC(O)C[C@H]1O)CCc1ccccc1. The van der Waals surface area contributed by atoms with Crippen LogP contribution < -0.4 is 0 Å². The molecule has 0 aliphatic heterocycles. The molecule has 1 aromatic carbocycles. The Morgan fingerprint density at radius 3 is 2.47 bits per heavy atom. The van der Waals surface area contributed by atoms with Gasteiger partial charge in [0.05, 0.1) is 12.2 Å². The summed E-state index contributed by atoms with van der Waals surface area (Å²) >= 11 is 0. The van der Waals surface area contributed by atoms with Crippen molar-refractivity contribution < 1.29 is 39.6 Å². The van der Waals surface area contributed by atoms with Crippen LogP contribution in [0.1, 0.15) is 44.1 Å². The quantitative estimate of drug-likeness (QED) is 0.163. The summed E-state index contributed by atoms with van der Waals surface area (Å²) < 4.78 is 5.57. The molecule has 1 saturated carbocycles. The fourth-order valence-corrected chi connectivity index (χ4v) is 3.78. The number of carbonyl (C=O) groups excluding carboxylic acids is 1. The van der Waals surface area contributed by atoms with E-state index in [2.05, 4.69) is 9.68 Å². The first-order valence-corrected chi connectivity index (χ1v) is 11.1. The highest BCUT2D eigenvalue weighted by atomic mass is 17.0. The van der Waals surface area contributed by atoms with Crippen LogP contribution in [0.2, 0.25) is 0 Å². The van der Waals surface area contributed by atoms with E-state index in [1.165, 1.54) is 0 Å². The number of nitrogens with zero attached hydrogens (tertiary/aromatic N) is 2. The Bertz CT molecular complexity index is 819. The summed E-state index contributed by atoms with van der Waals surface area (Å²) in [6, 6.07) is 9.65. The molecule has 12 nitrogen and oxygen atoms in total. The smallest absolute Gasteiger partial charge is 0.306 e. The van der Waals surface area contributed by atoms with Gasteiger partial charge in [-0.1, -0.05) is 36.4 Å². The van der Waals surface area contributed by atoms with E-state index in [4.69, 9.17) is 4.74 Å². The number of hydrogen-bond acceptors (Lipinski definition) is 10. The number of esters is 1. The van der Waals surface area contributed by atoms with Crippen molar-refractivity contribution in [3.63, 3.8) is 0 Å². The average Bonchev–Trinajstić information content (AvgIpc) is 3.10. The van der Waals surface area contributed by atoms with Crippen LogP contribution in [0.5, 0.6) is 0 Å². The largest absolute Gasteiger partial charge is 0.458 e. The minimum absolute atomic E-state index is 0.0133. The van der Waals surface area contributed by atoms with Crippen LogP contribution in [0.4, 0.5) is 0 Å². The van der Waals surface area contributed by atoms with Gasteiger partial charge in [-0.25, -0.2) is 0 Å². The fraction of sp³-hybridized carbons (Fsp3) is 0.591. The van der Waals surface area contributed by atoms with Gasteiger partial charge in [-0.05, 0) is 50.2 Å². The van der Waals surface area contributed by atoms with Gasteiger partial charge in [0.15, 0.2) is 0 Å². The summed E-state index contributed by atoms with van der Waals surface area (Å²) in [5, 5.41) is 38.5. The van der Waals surface area contributed by atoms with Gasteiger partial charge in [-0.2, -0.15) is 0 Å². The first-order chi connectivity index (χ1) is 16.2. The average molecular weight is 482 g/mol. The highest BCUT2D eigenvalue weighted by Gasteiger charge is 2.30. The van der Waals surface area contributed by atoms with E-state index < -0.39 is 47.2 Å². The number of rotatable bonds is 15. The molecule has 34 heavy (non-hydrogen) atoms. The molecule has 188 valence electrons. The monoisotopic (exact) mass is 482 g/mol. The Labute approximate surface area is 196 Å². The Morgan fingerprint density at radius 1 is 1.12 bits per heavy atom. The van der Waals surface area contributed by atoms with Crippen LogP contribution in [-0.4, -0.2) is 57.4 Å². The van der Waals surface area contributed by atoms with Gasteiger partial charge in [0.2, 0.25) is 0 Å². The van der Waals surface area contributed by atoms with Crippen molar-refractivity contribution in [3.8, 4) is 0 Å². The lowest BCUT2D eigenvalue weighted by Gasteiger charge is -2.17. The van der Waals surface area contributed by atoms with Gasteiger partial charge in [0.1, 0.15) is 18.8 Å². The number of ether oxygens (including phenoxy) is 1. The Hall–Kier alpha value is -3.25. The third kappa shape index (κ3) is 10.6. The zero-order valence-electron chi connectivity index (χ0n) is 18.6. The molecule has 0 amide bonds. The van der Waals surface area contributed by atoms with Gasteiger partial charge in [-0.3, -0.25) is 4.79 Å². The van der Waals surface area contributed by atoms with E-state index in [0.29, 0.717) is 25.7 Å². The van der Waals surface area contributed by atoms with Crippen molar-refractivity contribution in [2.45, 2.75) is 69.4 Å². The molecule has 1 aromatic rings. The summed E-state index contributed by atoms with van der Waals surface area (Å²) in [5.41, 5.74) is 1.07. The molecule has 12 heteroatoms. The maximum Gasteiger partial charge on any atom is 0.306 e. The number of benzene rings is 1. The Balaban J connectivity index is 1.89. The number of carbonyl (C=O) groups is 1. The minimum atomic E-state index is -1.18. The molecule has 0 saturated heterocycles. The maximum absolute atomic E-state index is 12.4. The molecule has 0 spiro atoms. The molecule has 0 heterocycles. The van der Waals surface area contributed by atoms with Gasteiger partial charge >= 0.3 is 5.97 Å². The van der Waals surface area contributed by atoms with Crippen molar-refractivity contribution in [1.29, 1.82) is 0 Å². The molecule has 2 rings (SSSR count). The first kappa shape index (κ1) is 27.0. The van der Waals surface area contributed by atoms with Crippen LogP contribution in [0.3, 0.4) is 0 Å². The molecule has 2 unspecified atom stereocenters. The standard InChI is InChI=1S/C22H30N2O10/c25-18-13-17(21(26)14-18)10-12-19(11-9-16-5-2-1-3-6-16)33-22(27)8-4-7-20(34-24(30)31)15-32-23(28)29/h1-3,5-6,10,12,17-21,25-26H,4,7-9,11,13-15H2/b12-10+/t17-,18?,19+,20?,21-/m1/s1. The zero-order valence-corrected chi connectivity index (χ0v) is 18.6. The maximum atomic E-state index is 12.4. The van der Waals surface area contributed by atoms with Crippen LogP contribution in [-0.2, 0) is 25.6 Å². The van der Waals surface area contributed by atoms with Gasteiger partial charge < -0.3 is 24.6 Å². The van der Waals surface area contributed by atoms with Crippen molar-refractivity contribution in [2.24, 2.45) is 5.92 Å². The van der Waals surface area contributed by atoms with Gasteiger partial charge in [0.25, 0.3) is 10.2 Å². The van der Waals surface area contributed by atoms with E-state index in [-0.39, 0.29) is 25.2 Å². The molecule has 1 aliphatic rings. The summed E-state index contributed by atoms with van der Waals surface area (Å²) in [4.78, 5) is 41.7. The highest BCUT2D eigenvalue weighted by Crippen LogP contribution is 2.27. The van der Waals surface area contributed by atoms with Crippen LogP contribution in [0.25, 0.3) is 0 Å². The van der Waals surface area contributed by atoms with E-state index in [1.807, 2.05) is 30.3 Å². The van der Waals surface area contributed by atoms with E-state index in [1.54, 1.807) is 12.2 Å². The molecule has 2 N–H and O–H groups in total. The predicted octanol–water partition coefficient (Wildman–Crippen LogP) is 2.17.